The predicted octanol–water partition coefficient (Wildman–Crippen LogP) is 3.07. The van der Waals surface area contributed by atoms with E-state index in [4.69, 9.17) is 4.74 Å². The first-order chi connectivity index (χ1) is 7.67. The van der Waals surface area contributed by atoms with Crippen molar-refractivity contribution in [3.63, 3.8) is 0 Å². The van der Waals surface area contributed by atoms with Gasteiger partial charge in [0.2, 0.25) is 0 Å². The summed E-state index contributed by atoms with van der Waals surface area (Å²) in [4.78, 5) is 0. The Morgan fingerprint density at radius 3 is 2.62 bits per heavy atom. The summed E-state index contributed by atoms with van der Waals surface area (Å²) in [5.41, 5.74) is 2.68. The van der Waals surface area contributed by atoms with Crippen LogP contribution in [0.5, 0.6) is 0 Å². The lowest BCUT2D eigenvalue weighted by Gasteiger charge is -2.19. The molecule has 1 N–H and O–H groups in total. The lowest BCUT2D eigenvalue weighted by molar-refractivity contribution is 0.106. The van der Waals surface area contributed by atoms with Crippen LogP contribution in [-0.4, -0.2) is 20.3 Å². The van der Waals surface area contributed by atoms with Gasteiger partial charge in [0.15, 0.2) is 0 Å². The van der Waals surface area contributed by atoms with Crippen molar-refractivity contribution in [1.29, 1.82) is 0 Å². The van der Waals surface area contributed by atoms with Gasteiger partial charge in [0, 0.05) is 13.2 Å². The Bertz CT molecular complexity index is 311. The molecular weight excluding hydrogens is 198 g/mol. The summed E-state index contributed by atoms with van der Waals surface area (Å²) >= 11 is 0. The largest absolute Gasteiger partial charge is 0.382 e. The fourth-order valence-corrected chi connectivity index (χ4v) is 1.88. The van der Waals surface area contributed by atoms with Gasteiger partial charge in [-0.2, -0.15) is 0 Å². The molecular formula is C14H23NO. The molecule has 0 aromatic heterocycles. The first-order valence-corrected chi connectivity index (χ1v) is 5.94. The second kappa shape index (κ2) is 6.66. The summed E-state index contributed by atoms with van der Waals surface area (Å²) in [6, 6.07) is 9.12. The van der Waals surface area contributed by atoms with Crippen LogP contribution in [0.15, 0.2) is 24.3 Å². The van der Waals surface area contributed by atoms with Crippen LogP contribution in [-0.2, 0) is 4.74 Å². The van der Waals surface area contributed by atoms with E-state index in [0.717, 1.165) is 12.8 Å². The molecule has 2 unspecified atom stereocenters. The minimum Gasteiger partial charge on any atom is -0.382 e. The monoisotopic (exact) mass is 221 g/mol. The maximum absolute atomic E-state index is 5.28. The zero-order chi connectivity index (χ0) is 12.0. The molecule has 0 amide bonds. The minimum absolute atomic E-state index is 0.334. The molecule has 1 aromatic carbocycles. The Hall–Kier alpha value is -0.860. The van der Waals surface area contributed by atoms with Gasteiger partial charge in [0.05, 0.1) is 6.10 Å². The minimum atomic E-state index is 0.334. The second-order valence-corrected chi connectivity index (χ2v) is 4.38. The number of hydrogen-bond acceptors (Lipinski definition) is 2. The molecule has 0 spiro atoms. The number of ether oxygens (including phenoxy) is 1. The first-order valence-electron chi connectivity index (χ1n) is 5.94. The smallest absolute Gasteiger partial charge is 0.0543 e. The lowest BCUT2D eigenvalue weighted by Crippen LogP contribution is -2.18. The van der Waals surface area contributed by atoms with Gasteiger partial charge in [-0.15, -0.1) is 0 Å². The van der Waals surface area contributed by atoms with Crippen molar-refractivity contribution in [2.75, 3.05) is 14.2 Å². The molecule has 0 fully saturated rings. The molecule has 2 heteroatoms. The number of benzene rings is 1. The van der Waals surface area contributed by atoms with E-state index in [-0.39, 0.29) is 0 Å². The molecule has 0 saturated heterocycles. The van der Waals surface area contributed by atoms with Gasteiger partial charge in [0.1, 0.15) is 0 Å². The molecule has 0 bridgehead atoms. The molecule has 2 nitrogen and oxygen atoms in total. The Morgan fingerprint density at radius 2 is 2.06 bits per heavy atom. The average Bonchev–Trinajstić information content (AvgIpc) is 2.29. The third-order valence-corrected chi connectivity index (χ3v) is 3.06. The number of hydrogen-bond donors (Lipinski definition) is 1. The third kappa shape index (κ3) is 3.95. The Kier molecular flexibility index (Phi) is 5.50. The number of aryl methyl sites for hydroxylation is 1. The predicted molar refractivity (Wildman–Crippen MR) is 68.7 cm³/mol. The summed E-state index contributed by atoms with van der Waals surface area (Å²) in [5, 5.41) is 3.37. The van der Waals surface area contributed by atoms with Crippen LogP contribution in [0.4, 0.5) is 0 Å². The van der Waals surface area contributed by atoms with Crippen LogP contribution in [0.3, 0.4) is 0 Å². The van der Waals surface area contributed by atoms with Gasteiger partial charge in [-0.05, 0) is 39.3 Å². The maximum atomic E-state index is 5.28. The highest BCUT2D eigenvalue weighted by molar-refractivity contribution is 5.24. The Morgan fingerprint density at radius 1 is 1.31 bits per heavy atom. The molecule has 1 aromatic rings. The van der Waals surface area contributed by atoms with Crippen LogP contribution in [0.2, 0.25) is 0 Å². The highest BCUT2D eigenvalue weighted by Gasteiger charge is 2.10. The summed E-state index contributed by atoms with van der Waals surface area (Å²) in [6.45, 7) is 4.25. The van der Waals surface area contributed by atoms with Gasteiger partial charge in [-0.25, -0.2) is 0 Å². The van der Waals surface area contributed by atoms with Gasteiger partial charge >= 0.3 is 0 Å². The fraction of sp³-hybridized carbons (Fsp3) is 0.571. The van der Waals surface area contributed by atoms with Crippen molar-refractivity contribution in [3.05, 3.63) is 35.4 Å². The van der Waals surface area contributed by atoms with Crippen molar-refractivity contribution in [1.82, 2.24) is 5.32 Å². The number of nitrogens with one attached hydrogen (secondary N) is 1. The summed E-state index contributed by atoms with van der Waals surface area (Å²) in [7, 11) is 3.79. The standard InChI is InChI=1S/C14H23NO/c1-11-6-5-7-13(10-11)14(15-3)9-8-12(2)16-4/h5-7,10,12,14-15H,8-9H2,1-4H3. The molecule has 0 saturated carbocycles. The second-order valence-electron chi connectivity index (χ2n) is 4.38. The molecule has 0 aliphatic carbocycles. The molecule has 2 atom stereocenters. The van der Waals surface area contributed by atoms with Crippen LogP contribution in [0.1, 0.15) is 36.9 Å². The van der Waals surface area contributed by atoms with Crippen LogP contribution >= 0.6 is 0 Å². The Balaban J connectivity index is 2.60. The lowest BCUT2D eigenvalue weighted by atomic mass is 9.99. The van der Waals surface area contributed by atoms with Gasteiger partial charge in [-0.1, -0.05) is 29.8 Å². The maximum Gasteiger partial charge on any atom is 0.0543 e. The number of rotatable bonds is 6. The topological polar surface area (TPSA) is 21.3 Å². The van der Waals surface area contributed by atoms with Crippen molar-refractivity contribution < 1.29 is 4.74 Å². The summed E-state index contributed by atoms with van der Waals surface area (Å²) in [6.07, 6.45) is 2.52. The molecule has 0 aliphatic rings. The first kappa shape index (κ1) is 13.2. The van der Waals surface area contributed by atoms with Crippen molar-refractivity contribution in [2.24, 2.45) is 0 Å². The van der Waals surface area contributed by atoms with Crippen molar-refractivity contribution >= 4 is 0 Å². The SMILES string of the molecule is CNC(CCC(C)OC)c1cccc(C)c1. The highest BCUT2D eigenvalue weighted by atomic mass is 16.5. The quantitative estimate of drug-likeness (QED) is 0.797. The fourth-order valence-electron chi connectivity index (χ4n) is 1.88. The van der Waals surface area contributed by atoms with Gasteiger partial charge in [-0.3, -0.25) is 0 Å². The summed E-state index contributed by atoms with van der Waals surface area (Å²) < 4.78 is 5.28. The normalized spacial score (nSPS) is 14.8. The summed E-state index contributed by atoms with van der Waals surface area (Å²) in [5.74, 6) is 0. The van der Waals surface area contributed by atoms with Crippen LogP contribution < -0.4 is 5.32 Å². The van der Waals surface area contributed by atoms with Gasteiger partial charge in [0.25, 0.3) is 0 Å². The van der Waals surface area contributed by atoms with E-state index in [9.17, 15) is 0 Å². The van der Waals surface area contributed by atoms with E-state index in [1.807, 2.05) is 7.05 Å². The zero-order valence-corrected chi connectivity index (χ0v) is 10.8. The van der Waals surface area contributed by atoms with Crippen molar-refractivity contribution in [2.45, 2.75) is 38.8 Å². The molecule has 0 heterocycles. The van der Waals surface area contributed by atoms with Gasteiger partial charge < -0.3 is 10.1 Å². The number of methoxy groups -OCH3 is 1. The highest BCUT2D eigenvalue weighted by Crippen LogP contribution is 2.20. The van der Waals surface area contributed by atoms with E-state index in [0.29, 0.717) is 12.1 Å². The van der Waals surface area contributed by atoms with Crippen molar-refractivity contribution in [3.8, 4) is 0 Å². The van der Waals surface area contributed by atoms with E-state index >= 15 is 0 Å². The van der Waals surface area contributed by atoms with Crippen LogP contribution in [0, 0.1) is 6.92 Å². The van der Waals surface area contributed by atoms with E-state index in [1.54, 1.807) is 7.11 Å². The molecule has 90 valence electrons. The van der Waals surface area contributed by atoms with E-state index in [2.05, 4.69) is 43.4 Å². The molecule has 1 rings (SSSR count). The Labute approximate surface area is 99.0 Å². The average molecular weight is 221 g/mol. The molecule has 0 radical (unpaired) electrons. The van der Waals surface area contributed by atoms with Crippen LogP contribution in [0.25, 0.3) is 0 Å². The molecule has 0 aliphatic heterocycles. The third-order valence-electron chi connectivity index (χ3n) is 3.06. The zero-order valence-electron chi connectivity index (χ0n) is 10.8. The van der Waals surface area contributed by atoms with E-state index in [1.165, 1.54) is 11.1 Å². The molecule has 16 heavy (non-hydrogen) atoms. The van der Waals surface area contributed by atoms with E-state index < -0.39 is 0 Å².